The third-order valence-corrected chi connectivity index (χ3v) is 4.89. The molecule has 14 heavy (non-hydrogen) atoms. The van der Waals surface area contributed by atoms with Gasteiger partial charge in [-0.25, -0.2) is 0 Å². The van der Waals surface area contributed by atoms with Crippen LogP contribution in [0, 0.1) is 23.7 Å². The largest absolute Gasteiger partial charge is 0.317 e. The van der Waals surface area contributed by atoms with Gasteiger partial charge >= 0.3 is 0 Å². The molecule has 0 bridgehead atoms. The van der Waals surface area contributed by atoms with Crippen LogP contribution < -0.4 is 5.32 Å². The molecule has 3 unspecified atom stereocenters. The lowest BCUT2D eigenvalue weighted by atomic mass is 9.99. The zero-order valence-corrected chi connectivity index (χ0v) is 9.34. The number of fused-ring (bicyclic) bond motifs is 1. The molecule has 3 aliphatic rings. The average molecular weight is 193 g/mol. The van der Waals surface area contributed by atoms with Crippen molar-refractivity contribution in [3.8, 4) is 0 Å². The first kappa shape index (κ1) is 9.21. The molecule has 0 aromatic heterocycles. The Morgan fingerprint density at radius 2 is 1.86 bits per heavy atom. The summed E-state index contributed by atoms with van der Waals surface area (Å²) in [5.41, 5.74) is 0. The topological polar surface area (TPSA) is 12.0 Å². The molecule has 0 amide bonds. The minimum atomic E-state index is 0.867. The summed E-state index contributed by atoms with van der Waals surface area (Å²) in [6.45, 7) is 0. The highest BCUT2D eigenvalue weighted by Crippen LogP contribution is 2.59. The van der Waals surface area contributed by atoms with Gasteiger partial charge in [0.05, 0.1) is 0 Å². The van der Waals surface area contributed by atoms with Crippen molar-refractivity contribution in [2.75, 3.05) is 7.05 Å². The van der Waals surface area contributed by atoms with Gasteiger partial charge in [0.2, 0.25) is 0 Å². The zero-order chi connectivity index (χ0) is 9.54. The van der Waals surface area contributed by atoms with Crippen molar-refractivity contribution in [2.24, 2.45) is 23.7 Å². The Labute approximate surface area is 87.7 Å². The summed E-state index contributed by atoms with van der Waals surface area (Å²) in [5, 5.41) is 3.58. The highest BCUT2D eigenvalue weighted by atomic mass is 14.9. The molecule has 80 valence electrons. The first-order valence-corrected chi connectivity index (χ1v) is 6.57. The fourth-order valence-electron chi connectivity index (χ4n) is 3.82. The first-order valence-electron chi connectivity index (χ1n) is 6.57. The smallest absolute Gasteiger partial charge is 0.00979 e. The number of hydrogen-bond donors (Lipinski definition) is 1. The molecule has 0 heterocycles. The summed E-state index contributed by atoms with van der Waals surface area (Å²) >= 11 is 0. The van der Waals surface area contributed by atoms with E-state index >= 15 is 0 Å². The van der Waals surface area contributed by atoms with Crippen molar-refractivity contribution in [3.63, 3.8) is 0 Å². The molecular formula is C13H23N. The normalized spacial score (nSPS) is 42.2. The Balaban J connectivity index is 1.48. The van der Waals surface area contributed by atoms with E-state index in [0.717, 1.165) is 29.7 Å². The van der Waals surface area contributed by atoms with Gasteiger partial charge in [-0.05, 0) is 56.4 Å². The summed E-state index contributed by atoms with van der Waals surface area (Å²) in [6.07, 6.45) is 10.6. The molecule has 3 atom stereocenters. The van der Waals surface area contributed by atoms with E-state index in [1.165, 1.54) is 44.9 Å². The number of rotatable bonds is 5. The Kier molecular flexibility index (Phi) is 2.31. The molecule has 0 aromatic carbocycles. The lowest BCUT2D eigenvalue weighted by molar-refractivity contribution is 0.392. The molecule has 0 spiro atoms. The van der Waals surface area contributed by atoms with E-state index in [9.17, 15) is 0 Å². The van der Waals surface area contributed by atoms with Crippen molar-refractivity contribution in [1.29, 1.82) is 0 Å². The third-order valence-electron chi connectivity index (χ3n) is 4.89. The maximum Gasteiger partial charge on any atom is 0.00979 e. The van der Waals surface area contributed by atoms with Gasteiger partial charge in [0, 0.05) is 6.04 Å². The number of hydrogen-bond acceptors (Lipinski definition) is 1. The Morgan fingerprint density at radius 3 is 2.43 bits per heavy atom. The summed E-state index contributed by atoms with van der Waals surface area (Å²) < 4.78 is 0. The van der Waals surface area contributed by atoms with Crippen LogP contribution in [0.5, 0.6) is 0 Å². The predicted octanol–water partition coefficient (Wildman–Crippen LogP) is 2.81. The molecule has 0 radical (unpaired) electrons. The second kappa shape index (κ2) is 3.52. The third kappa shape index (κ3) is 1.60. The average Bonchev–Trinajstić information content (AvgIpc) is 3.10. The van der Waals surface area contributed by atoms with Gasteiger partial charge in [-0.3, -0.25) is 0 Å². The molecule has 0 aliphatic heterocycles. The summed E-state index contributed by atoms with van der Waals surface area (Å²) in [5.74, 6) is 4.45. The Morgan fingerprint density at radius 1 is 1.14 bits per heavy atom. The van der Waals surface area contributed by atoms with Gasteiger partial charge in [0.25, 0.3) is 0 Å². The van der Waals surface area contributed by atoms with Crippen LogP contribution in [0.15, 0.2) is 0 Å². The number of nitrogens with one attached hydrogen (secondary N) is 1. The highest BCUT2D eigenvalue weighted by Gasteiger charge is 2.55. The molecule has 3 saturated carbocycles. The lowest BCUT2D eigenvalue weighted by Crippen LogP contribution is -2.29. The molecule has 3 aliphatic carbocycles. The van der Waals surface area contributed by atoms with E-state index in [1.54, 1.807) is 0 Å². The first-order chi connectivity index (χ1) is 6.90. The fourth-order valence-corrected chi connectivity index (χ4v) is 3.82. The minimum absolute atomic E-state index is 0.867. The molecule has 1 N–H and O–H groups in total. The van der Waals surface area contributed by atoms with E-state index < -0.39 is 0 Å². The van der Waals surface area contributed by atoms with Crippen LogP contribution in [-0.2, 0) is 0 Å². The van der Waals surface area contributed by atoms with Crippen LogP contribution in [-0.4, -0.2) is 13.1 Å². The van der Waals surface area contributed by atoms with Gasteiger partial charge in [0.15, 0.2) is 0 Å². The standard InChI is InChI=1S/C13H23N/c1-14-12(8-7-9-5-6-9)13-10-3-2-4-11(10)13/h9-14H,2-8H2,1H3. The van der Waals surface area contributed by atoms with Crippen LogP contribution in [0.3, 0.4) is 0 Å². The zero-order valence-electron chi connectivity index (χ0n) is 9.34. The Bertz CT molecular complexity index is 199. The predicted molar refractivity (Wildman–Crippen MR) is 59.1 cm³/mol. The fraction of sp³-hybridized carbons (Fsp3) is 1.00. The van der Waals surface area contributed by atoms with Crippen LogP contribution >= 0.6 is 0 Å². The van der Waals surface area contributed by atoms with Crippen molar-refractivity contribution >= 4 is 0 Å². The van der Waals surface area contributed by atoms with Crippen LogP contribution in [0.4, 0.5) is 0 Å². The van der Waals surface area contributed by atoms with E-state index in [4.69, 9.17) is 0 Å². The molecule has 0 saturated heterocycles. The monoisotopic (exact) mass is 193 g/mol. The quantitative estimate of drug-likeness (QED) is 0.708. The molecule has 1 heteroatoms. The SMILES string of the molecule is CNC(CCC1CC1)C1C2CCCC21. The van der Waals surface area contributed by atoms with Gasteiger partial charge in [-0.15, -0.1) is 0 Å². The summed E-state index contributed by atoms with van der Waals surface area (Å²) in [4.78, 5) is 0. The van der Waals surface area contributed by atoms with Crippen molar-refractivity contribution in [2.45, 2.75) is 51.0 Å². The second-order valence-corrected chi connectivity index (χ2v) is 5.75. The molecular weight excluding hydrogens is 170 g/mol. The van der Waals surface area contributed by atoms with Crippen molar-refractivity contribution in [1.82, 2.24) is 5.32 Å². The highest BCUT2D eigenvalue weighted by molar-refractivity contribution is 5.06. The molecule has 0 aromatic rings. The van der Waals surface area contributed by atoms with Gasteiger partial charge in [-0.2, -0.15) is 0 Å². The van der Waals surface area contributed by atoms with Gasteiger partial charge in [0.1, 0.15) is 0 Å². The van der Waals surface area contributed by atoms with E-state index in [2.05, 4.69) is 12.4 Å². The van der Waals surface area contributed by atoms with Crippen molar-refractivity contribution < 1.29 is 0 Å². The van der Waals surface area contributed by atoms with Gasteiger partial charge in [-0.1, -0.05) is 19.3 Å². The summed E-state index contributed by atoms with van der Waals surface area (Å²) in [7, 11) is 2.17. The molecule has 3 fully saturated rings. The van der Waals surface area contributed by atoms with E-state index in [-0.39, 0.29) is 0 Å². The maximum atomic E-state index is 3.58. The summed E-state index contributed by atoms with van der Waals surface area (Å²) in [6, 6.07) is 0.867. The van der Waals surface area contributed by atoms with Crippen LogP contribution in [0.25, 0.3) is 0 Å². The second-order valence-electron chi connectivity index (χ2n) is 5.75. The van der Waals surface area contributed by atoms with Crippen LogP contribution in [0.1, 0.15) is 44.9 Å². The van der Waals surface area contributed by atoms with E-state index in [1.807, 2.05) is 0 Å². The van der Waals surface area contributed by atoms with Crippen molar-refractivity contribution in [3.05, 3.63) is 0 Å². The minimum Gasteiger partial charge on any atom is -0.317 e. The van der Waals surface area contributed by atoms with Crippen LogP contribution in [0.2, 0.25) is 0 Å². The van der Waals surface area contributed by atoms with Gasteiger partial charge < -0.3 is 5.32 Å². The molecule has 1 nitrogen and oxygen atoms in total. The van der Waals surface area contributed by atoms with E-state index in [0.29, 0.717) is 0 Å². The Hall–Kier alpha value is -0.0400. The maximum absolute atomic E-state index is 3.58. The lowest BCUT2D eigenvalue weighted by Gasteiger charge is -2.17. The molecule has 3 rings (SSSR count).